The molecule has 2 heterocycles. The van der Waals surface area contributed by atoms with Crippen molar-refractivity contribution in [2.75, 3.05) is 13.2 Å². The Labute approximate surface area is 224 Å². The van der Waals surface area contributed by atoms with Crippen LogP contribution in [0, 0.1) is 10.1 Å². The van der Waals surface area contributed by atoms with E-state index in [1.807, 2.05) is 66.7 Å². The second-order valence-electron chi connectivity index (χ2n) is 9.17. The van der Waals surface area contributed by atoms with E-state index in [0.717, 1.165) is 11.1 Å². The van der Waals surface area contributed by atoms with Crippen molar-refractivity contribution >= 4 is 29.7 Å². The summed E-state index contributed by atoms with van der Waals surface area (Å²) in [5.41, 5.74) is 2.26. The lowest BCUT2D eigenvalue weighted by molar-refractivity contribution is -0.384. The molecule has 198 valence electrons. The number of non-ortho nitro benzene ring substituents is 1. The first kappa shape index (κ1) is 25.7. The molecule has 5 rings (SSSR count). The van der Waals surface area contributed by atoms with E-state index in [2.05, 4.69) is 0 Å². The average molecular weight is 528 g/mol. The zero-order valence-electron chi connectivity index (χ0n) is 20.8. The van der Waals surface area contributed by atoms with Gasteiger partial charge in [0.25, 0.3) is 5.69 Å². The van der Waals surface area contributed by atoms with Crippen molar-refractivity contribution in [2.45, 2.75) is 24.7 Å². The number of rotatable bonds is 9. The van der Waals surface area contributed by atoms with Gasteiger partial charge < -0.3 is 14.4 Å². The summed E-state index contributed by atoms with van der Waals surface area (Å²) in [6, 6.07) is 22.6. The number of cyclic esters (lactones) is 1. The van der Waals surface area contributed by atoms with E-state index in [1.165, 1.54) is 34.1 Å². The van der Waals surface area contributed by atoms with Crippen LogP contribution < -0.4 is 0 Å². The number of nitro groups is 1. The molecule has 0 spiro atoms. The number of amides is 2. The Bertz CT molecular complexity index is 1390. The fourth-order valence-electron chi connectivity index (χ4n) is 4.74. The number of hydrogen-bond donors (Lipinski definition) is 0. The van der Waals surface area contributed by atoms with E-state index < -0.39 is 35.1 Å². The van der Waals surface area contributed by atoms with E-state index in [4.69, 9.17) is 9.47 Å². The number of carbonyl (C=O) groups is 3. The summed E-state index contributed by atoms with van der Waals surface area (Å²) in [6.45, 7) is -0.286. The topological polar surface area (TPSA) is 119 Å². The molecular formula is C29H25N3O7. The SMILES string of the molecule is O=C(CN1C(=O)C(N2C(=O)OC[C@@H]2c2ccccc2)C1C=Cc1ccccc1)OCc1ccc([N+](=O)[O-])cc1. The predicted molar refractivity (Wildman–Crippen MR) is 140 cm³/mol. The minimum Gasteiger partial charge on any atom is -0.459 e. The first-order valence-corrected chi connectivity index (χ1v) is 12.3. The van der Waals surface area contributed by atoms with E-state index in [9.17, 15) is 24.5 Å². The highest BCUT2D eigenvalue weighted by Gasteiger charge is 2.55. The summed E-state index contributed by atoms with van der Waals surface area (Å²) in [5.74, 6) is -1.02. The van der Waals surface area contributed by atoms with Crippen LogP contribution >= 0.6 is 0 Å². The largest absolute Gasteiger partial charge is 0.459 e. The van der Waals surface area contributed by atoms with Crippen molar-refractivity contribution in [2.24, 2.45) is 0 Å². The lowest BCUT2D eigenvalue weighted by Gasteiger charge is -2.49. The van der Waals surface area contributed by atoms with Gasteiger partial charge >= 0.3 is 12.1 Å². The molecule has 0 radical (unpaired) electrons. The molecular weight excluding hydrogens is 502 g/mol. The van der Waals surface area contributed by atoms with E-state index in [0.29, 0.717) is 5.56 Å². The van der Waals surface area contributed by atoms with Crippen molar-refractivity contribution < 1.29 is 28.8 Å². The number of ether oxygens (including phenoxy) is 2. The number of nitro benzene ring substituents is 1. The summed E-state index contributed by atoms with van der Waals surface area (Å²) in [5, 5.41) is 10.8. The van der Waals surface area contributed by atoms with Gasteiger partial charge in [-0.2, -0.15) is 0 Å². The van der Waals surface area contributed by atoms with Gasteiger partial charge in [-0.1, -0.05) is 72.8 Å². The molecule has 2 saturated heterocycles. The second kappa shape index (κ2) is 11.2. The minimum absolute atomic E-state index is 0.0652. The van der Waals surface area contributed by atoms with Crippen molar-refractivity contribution in [1.82, 2.24) is 9.80 Å². The number of carbonyl (C=O) groups excluding carboxylic acids is 3. The van der Waals surface area contributed by atoms with Crippen LogP contribution in [0.25, 0.3) is 6.08 Å². The molecule has 2 amide bonds. The molecule has 39 heavy (non-hydrogen) atoms. The summed E-state index contributed by atoms with van der Waals surface area (Å²) in [4.78, 5) is 52.0. The van der Waals surface area contributed by atoms with Gasteiger partial charge in [0.1, 0.15) is 25.8 Å². The summed E-state index contributed by atoms with van der Waals surface area (Å²) in [7, 11) is 0. The molecule has 0 aliphatic carbocycles. The smallest absolute Gasteiger partial charge is 0.411 e. The third kappa shape index (κ3) is 5.49. The van der Waals surface area contributed by atoms with Crippen LogP contribution in [0.3, 0.4) is 0 Å². The van der Waals surface area contributed by atoms with Gasteiger partial charge in [-0.15, -0.1) is 0 Å². The third-order valence-corrected chi connectivity index (χ3v) is 6.75. The molecule has 3 aromatic rings. The van der Waals surface area contributed by atoms with Gasteiger partial charge in [0.2, 0.25) is 5.91 Å². The summed E-state index contributed by atoms with van der Waals surface area (Å²) < 4.78 is 10.7. The highest BCUT2D eigenvalue weighted by Crippen LogP contribution is 2.37. The van der Waals surface area contributed by atoms with E-state index >= 15 is 0 Å². The van der Waals surface area contributed by atoms with E-state index in [1.54, 1.807) is 6.08 Å². The van der Waals surface area contributed by atoms with Gasteiger partial charge in [0.05, 0.1) is 17.0 Å². The van der Waals surface area contributed by atoms with Gasteiger partial charge in [-0.25, -0.2) is 4.79 Å². The van der Waals surface area contributed by atoms with Crippen LogP contribution in [0.4, 0.5) is 10.5 Å². The highest BCUT2D eigenvalue weighted by molar-refractivity contribution is 5.96. The maximum Gasteiger partial charge on any atom is 0.411 e. The van der Waals surface area contributed by atoms with Crippen LogP contribution in [-0.2, 0) is 25.7 Å². The van der Waals surface area contributed by atoms with Crippen LogP contribution in [0.1, 0.15) is 22.7 Å². The maximum atomic E-state index is 13.4. The molecule has 2 unspecified atom stereocenters. The highest BCUT2D eigenvalue weighted by atomic mass is 16.6. The summed E-state index contributed by atoms with van der Waals surface area (Å²) >= 11 is 0. The Morgan fingerprint density at radius 2 is 1.67 bits per heavy atom. The standard InChI is InChI=1S/C29H25N3O7/c33-26(38-18-21-11-14-23(15-12-21)32(36)37)17-30-24(16-13-20-7-3-1-4-8-20)27(28(30)34)31-25(19-39-29(31)35)22-9-5-2-6-10-22/h1-16,24-25,27H,17-19H2/t24?,25-,27?/m1/s1. The molecule has 3 atom stereocenters. The van der Waals surface area contributed by atoms with Crippen molar-refractivity contribution in [3.63, 3.8) is 0 Å². The number of nitrogens with zero attached hydrogens (tertiary/aromatic N) is 3. The Balaban J connectivity index is 1.32. The molecule has 2 fully saturated rings. The van der Waals surface area contributed by atoms with Crippen LogP contribution in [0.15, 0.2) is 91.0 Å². The molecule has 10 nitrogen and oxygen atoms in total. The van der Waals surface area contributed by atoms with Gasteiger partial charge in [0, 0.05) is 12.1 Å². The molecule has 10 heteroatoms. The van der Waals surface area contributed by atoms with Crippen molar-refractivity contribution in [3.8, 4) is 0 Å². The number of β-lactam (4-membered cyclic amide) rings is 1. The molecule has 0 saturated carbocycles. The first-order valence-electron chi connectivity index (χ1n) is 12.3. The van der Waals surface area contributed by atoms with Crippen LogP contribution in [0.5, 0.6) is 0 Å². The fourth-order valence-corrected chi connectivity index (χ4v) is 4.74. The number of benzene rings is 3. The van der Waals surface area contributed by atoms with E-state index in [-0.39, 0.29) is 31.4 Å². The van der Waals surface area contributed by atoms with Gasteiger partial charge in [-0.05, 0) is 28.8 Å². The Kier molecular flexibility index (Phi) is 7.35. The molecule has 3 aromatic carbocycles. The zero-order valence-corrected chi connectivity index (χ0v) is 20.8. The van der Waals surface area contributed by atoms with Crippen molar-refractivity contribution in [1.29, 1.82) is 0 Å². The number of hydrogen-bond acceptors (Lipinski definition) is 7. The molecule has 0 N–H and O–H groups in total. The van der Waals surface area contributed by atoms with Gasteiger partial charge in [-0.3, -0.25) is 24.6 Å². The van der Waals surface area contributed by atoms with Crippen LogP contribution in [0.2, 0.25) is 0 Å². The first-order chi connectivity index (χ1) is 18.9. The lowest BCUT2D eigenvalue weighted by Crippen LogP contribution is -2.71. The Morgan fingerprint density at radius 3 is 2.33 bits per heavy atom. The zero-order chi connectivity index (χ0) is 27.4. The minimum atomic E-state index is -0.840. The molecule has 2 aliphatic rings. The lowest BCUT2D eigenvalue weighted by atomic mass is 9.90. The maximum absolute atomic E-state index is 13.4. The van der Waals surface area contributed by atoms with Gasteiger partial charge in [0.15, 0.2) is 0 Å². The average Bonchev–Trinajstić information content (AvgIpc) is 3.34. The predicted octanol–water partition coefficient (Wildman–Crippen LogP) is 4.12. The third-order valence-electron chi connectivity index (χ3n) is 6.75. The number of esters is 1. The summed E-state index contributed by atoms with van der Waals surface area (Å²) in [6.07, 6.45) is 3.07. The fraction of sp³-hybridized carbons (Fsp3) is 0.207. The number of likely N-dealkylation sites (tertiary alicyclic amines) is 1. The Morgan fingerprint density at radius 1 is 1.00 bits per heavy atom. The quantitative estimate of drug-likeness (QED) is 0.178. The normalized spacial score (nSPS) is 20.6. The second-order valence-corrected chi connectivity index (χ2v) is 9.17. The van der Waals surface area contributed by atoms with Crippen LogP contribution in [-0.4, -0.2) is 57.9 Å². The molecule has 2 aliphatic heterocycles. The Hall–Kier alpha value is -4.99. The van der Waals surface area contributed by atoms with Crippen molar-refractivity contribution in [3.05, 3.63) is 118 Å². The molecule has 0 aromatic heterocycles. The monoisotopic (exact) mass is 527 g/mol. The molecule has 0 bridgehead atoms.